The van der Waals surface area contributed by atoms with Crippen LogP contribution in [0, 0.1) is 26.7 Å². The number of hydrogen-bond acceptors (Lipinski definition) is 5. The molecule has 1 aliphatic carbocycles. The van der Waals surface area contributed by atoms with Crippen molar-refractivity contribution < 1.29 is 24.2 Å². The fourth-order valence-corrected chi connectivity index (χ4v) is 4.71. The molecular formula is C29H38ClN3O5. The lowest BCUT2D eigenvalue weighted by Gasteiger charge is -2.35. The first-order valence-corrected chi connectivity index (χ1v) is 13.2. The lowest BCUT2D eigenvalue weighted by molar-refractivity contribution is -0.142. The number of carbonyl (C=O) groups is 3. The molecule has 0 heterocycles. The number of hydrogen-bond donors (Lipinski definition) is 3. The number of benzene rings is 2. The molecule has 4 unspecified atom stereocenters. The van der Waals surface area contributed by atoms with Gasteiger partial charge in [-0.05, 0) is 76.6 Å². The number of anilines is 1. The van der Waals surface area contributed by atoms with E-state index in [4.69, 9.17) is 16.3 Å². The van der Waals surface area contributed by atoms with E-state index in [1.54, 1.807) is 32.9 Å². The summed E-state index contributed by atoms with van der Waals surface area (Å²) in [6.07, 6.45) is -0.135. The Morgan fingerprint density at radius 1 is 1.13 bits per heavy atom. The summed E-state index contributed by atoms with van der Waals surface area (Å²) in [4.78, 5) is 42.0. The number of nitrogens with zero attached hydrogens (tertiary/aromatic N) is 1. The minimum absolute atomic E-state index is 0.141. The summed E-state index contributed by atoms with van der Waals surface area (Å²) in [7, 11) is 0. The van der Waals surface area contributed by atoms with Gasteiger partial charge in [-0.3, -0.25) is 9.59 Å². The van der Waals surface area contributed by atoms with Gasteiger partial charge in [0.1, 0.15) is 17.7 Å². The van der Waals surface area contributed by atoms with Gasteiger partial charge in [-0.1, -0.05) is 54.4 Å². The van der Waals surface area contributed by atoms with Gasteiger partial charge in [-0.25, -0.2) is 4.79 Å². The Labute approximate surface area is 229 Å². The molecule has 1 fully saturated rings. The summed E-state index contributed by atoms with van der Waals surface area (Å²) in [5, 5.41) is 15.9. The van der Waals surface area contributed by atoms with E-state index in [0.29, 0.717) is 22.7 Å². The van der Waals surface area contributed by atoms with Crippen molar-refractivity contribution in [3.8, 4) is 0 Å². The molecule has 206 valence electrons. The minimum Gasteiger partial charge on any atom is -0.444 e. The van der Waals surface area contributed by atoms with Crippen molar-refractivity contribution in [2.45, 2.75) is 78.6 Å². The molecule has 1 aliphatic rings. The first kappa shape index (κ1) is 29.5. The number of rotatable bonds is 8. The number of carbonyl (C=O) groups excluding carboxylic acids is 3. The smallest absolute Gasteiger partial charge is 0.408 e. The maximum atomic E-state index is 14.0. The summed E-state index contributed by atoms with van der Waals surface area (Å²) in [5.41, 5.74) is 2.89. The average molecular weight is 544 g/mol. The van der Waals surface area contributed by atoms with Gasteiger partial charge in [-0.2, -0.15) is 0 Å². The molecule has 0 aromatic heterocycles. The Hall–Kier alpha value is -3.10. The molecule has 1 saturated carbocycles. The molecule has 2 aromatic carbocycles. The highest BCUT2D eigenvalue weighted by molar-refractivity contribution is 6.34. The number of aryl methyl sites for hydroxylation is 3. The number of aliphatic hydroxyl groups is 1. The number of halogens is 1. The van der Waals surface area contributed by atoms with Gasteiger partial charge >= 0.3 is 6.09 Å². The molecule has 0 aliphatic heterocycles. The normalized spacial score (nSPS) is 18.2. The van der Waals surface area contributed by atoms with Crippen LogP contribution in [0.25, 0.3) is 0 Å². The van der Waals surface area contributed by atoms with E-state index in [2.05, 4.69) is 10.6 Å². The minimum atomic E-state index is -1.29. The van der Waals surface area contributed by atoms with E-state index >= 15 is 0 Å². The maximum Gasteiger partial charge on any atom is 0.408 e. The summed E-state index contributed by atoms with van der Waals surface area (Å²) >= 11 is 6.41. The van der Waals surface area contributed by atoms with Gasteiger partial charge in [0.25, 0.3) is 5.91 Å². The maximum absolute atomic E-state index is 14.0. The Bertz CT molecular complexity index is 1190. The predicted molar refractivity (Wildman–Crippen MR) is 148 cm³/mol. The van der Waals surface area contributed by atoms with Crippen molar-refractivity contribution in [3.05, 3.63) is 63.7 Å². The molecule has 0 spiro atoms. The standard InChI is InChI=1S/C29H38ClN3O5/c1-16-11-12-17(2)20(13-16)25(26(35)32-24-18(3)9-8-10-21(24)30)33(23-14-19(23)4)27(36)22(15-34)31-28(37)38-29(5,6)7/h8-13,19,22-23,25,34H,14-15H2,1-7H3,(H,31,37)(H,32,35). The molecule has 3 rings (SSSR count). The highest BCUT2D eigenvalue weighted by atomic mass is 35.5. The molecule has 8 nitrogen and oxygen atoms in total. The van der Waals surface area contributed by atoms with Gasteiger partial charge in [-0.15, -0.1) is 0 Å². The lowest BCUT2D eigenvalue weighted by atomic mass is 9.95. The van der Waals surface area contributed by atoms with Crippen molar-refractivity contribution in [3.63, 3.8) is 0 Å². The molecule has 0 radical (unpaired) electrons. The van der Waals surface area contributed by atoms with Crippen molar-refractivity contribution in [1.29, 1.82) is 0 Å². The van der Waals surface area contributed by atoms with E-state index < -0.39 is 42.2 Å². The fraction of sp³-hybridized carbons (Fsp3) is 0.483. The Morgan fingerprint density at radius 2 is 1.79 bits per heavy atom. The van der Waals surface area contributed by atoms with Crippen molar-refractivity contribution in [2.24, 2.45) is 5.92 Å². The highest BCUT2D eigenvalue weighted by Crippen LogP contribution is 2.42. The van der Waals surface area contributed by atoms with Crippen molar-refractivity contribution in [1.82, 2.24) is 10.2 Å². The van der Waals surface area contributed by atoms with Gasteiger partial charge in [0.05, 0.1) is 17.3 Å². The van der Waals surface area contributed by atoms with Gasteiger partial charge in [0.2, 0.25) is 5.91 Å². The van der Waals surface area contributed by atoms with Crippen LogP contribution in [0.4, 0.5) is 10.5 Å². The zero-order valence-corrected chi connectivity index (χ0v) is 23.8. The Kier molecular flexibility index (Phi) is 9.10. The third kappa shape index (κ3) is 7.05. The topological polar surface area (TPSA) is 108 Å². The number of ether oxygens (including phenoxy) is 1. The van der Waals surface area contributed by atoms with Crippen LogP contribution in [-0.2, 0) is 14.3 Å². The molecule has 9 heteroatoms. The van der Waals surface area contributed by atoms with Crippen LogP contribution < -0.4 is 10.6 Å². The van der Waals surface area contributed by atoms with Crippen LogP contribution >= 0.6 is 11.6 Å². The summed E-state index contributed by atoms with van der Waals surface area (Å²) in [6.45, 7) is 12.1. The van der Waals surface area contributed by atoms with E-state index in [9.17, 15) is 19.5 Å². The first-order chi connectivity index (χ1) is 17.7. The monoisotopic (exact) mass is 543 g/mol. The van der Waals surface area contributed by atoms with Crippen LogP contribution in [0.1, 0.15) is 62.4 Å². The molecule has 3 amide bonds. The Balaban J connectivity index is 2.06. The summed E-state index contributed by atoms with van der Waals surface area (Å²) < 4.78 is 5.30. The van der Waals surface area contributed by atoms with Crippen LogP contribution in [-0.4, -0.2) is 52.2 Å². The number of alkyl carbamates (subject to hydrolysis) is 1. The van der Waals surface area contributed by atoms with Crippen LogP contribution in [0.5, 0.6) is 0 Å². The largest absolute Gasteiger partial charge is 0.444 e. The lowest BCUT2D eigenvalue weighted by Crippen LogP contribution is -2.54. The molecule has 3 N–H and O–H groups in total. The number of aliphatic hydroxyl groups excluding tert-OH is 1. The Morgan fingerprint density at radius 3 is 2.34 bits per heavy atom. The van der Waals surface area contributed by atoms with Gasteiger partial charge in [0.15, 0.2) is 0 Å². The van der Waals surface area contributed by atoms with E-state index in [1.165, 1.54) is 4.90 Å². The highest BCUT2D eigenvalue weighted by Gasteiger charge is 2.48. The molecule has 4 atom stereocenters. The van der Waals surface area contributed by atoms with Gasteiger partial charge in [0, 0.05) is 6.04 Å². The number of amides is 3. The molecular weight excluding hydrogens is 506 g/mol. The second-order valence-electron chi connectivity index (χ2n) is 11.1. The van der Waals surface area contributed by atoms with E-state index in [-0.39, 0.29) is 12.0 Å². The predicted octanol–water partition coefficient (Wildman–Crippen LogP) is 5.07. The second kappa shape index (κ2) is 11.7. The third-order valence-corrected chi connectivity index (χ3v) is 6.89. The van der Waals surface area contributed by atoms with Crippen LogP contribution in [0.15, 0.2) is 36.4 Å². The third-order valence-electron chi connectivity index (χ3n) is 6.58. The van der Waals surface area contributed by atoms with Crippen LogP contribution in [0.3, 0.4) is 0 Å². The van der Waals surface area contributed by atoms with Crippen molar-refractivity contribution >= 4 is 35.2 Å². The number of nitrogens with one attached hydrogen (secondary N) is 2. The molecule has 0 saturated heterocycles. The number of para-hydroxylation sites is 1. The van der Waals surface area contributed by atoms with Gasteiger partial charge < -0.3 is 25.4 Å². The molecule has 2 aromatic rings. The summed E-state index contributed by atoms with van der Waals surface area (Å²) in [5.74, 6) is -0.858. The van der Waals surface area contributed by atoms with E-state index in [0.717, 1.165) is 16.7 Å². The zero-order valence-electron chi connectivity index (χ0n) is 23.1. The molecule has 0 bridgehead atoms. The second-order valence-corrected chi connectivity index (χ2v) is 11.5. The quantitative estimate of drug-likeness (QED) is 0.431. The average Bonchev–Trinajstić information content (AvgIpc) is 3.54. The fourth-order valence-electron chi connectivity index (χ4n) is 4.44. The zero-order chi connectivity index (χ0) is 28.4. The molecule has 38 heavy (non-hydrogen) atoms. The van der Waals surface area contributed by atoms with Crippen LogP contribution in [0.2, 0.25) is 5.02 Å². The first-order valence-electron chi connectivity index (χ1n) is 12.8. The summed E-state index contributed by atoms with van der Waals surface area (Å²) in [6, 6.07) is 8.50. The van der Waals surface area contributed by atoms with Crippen molar-refractivity contribution in [2.75, 3.05) is 11.9 Å². The SMILES string of the molecule is Cc1ccc(C)c(C(C(=O)Nc2c(C)cccc2Cl)N(C(=O)C(CO)NC(=O)OC(C)(C)C)C2CC2C)c1. The van der Waals surface area contributed by atoms with E-state index in [1.807, 2.05) is 52.0 Å².